The van der Waals surface area contributed by atoms with Gasteiger partial charge in [-0.3, -0.25) is 9.10 Å². The van der Waals surface area contributed by atoms with Gasteiger partial charge in [0.15, 0.2) is 0 Å². The molecule has 1 fully saturated rings. The van der Waals surface area contributed by atoms with Gasteiger partial charge in [-0.25, -0.2) is 8.42 Å². The van der Waals surface area contributed by atoms with Crippen LogP contribution in [0.2, 0.25) is 0 Å². The SMILES string of the molecule is CCS(=O)(=O)N(C)c1cccc(C(=O)Nc2ccc(C3(C#N)CC3)cc2)c1. The van der Waals surface area contributed by atoms with Crippen molar-refractivity contribution in [1.29, 1.82) is 5.26 Å². The number of anilines is 2. The molecule has 0 spiro atoms. The molecule has 0 heterocycles. The summed E-state index contributed by atoms with van der Waals surface area (Å²) in [5.74, 6) is -0.343. The lowest BCUT2D eigenvalue weighted by atomic mass is 9.98. The van der Waals surface area contributed by atoms with Gasteiger partial charge in [0.25, 0.3) is 5.91 Å². The molecule has 1 aliphatic carbocycles. The average Bonchev–Trinajstić information content (AvgIpc) is 3.49. The summed E-state index contributed by atoms with van der Waals surface area (Å²) < 4.78 is 25.2. The van der Waals surface area contributed by atoms with E-state index in [-0.39, 0.29) is 17.1 Å². The molecule has 2 aromatic carbocycles. The van der Waals surface area contributed by atoms with E-state index in [1.807, 2.05) is 12.1 Å². The van der Waals surface area contributed by atoms with Crippen LogP contribution in [0.4, 0.5) is 11.4 Å². The minimum absolute atomic E-state index is 0.0174. The lowest BCUT2D eigenvalue weighted by Crippen LogP contribution is -2.28. The molecule has 1 saturated carbocycles. The molecule has 27 heavy (non-hydrogen) atoms. The smallest absolute Gasteiger partial charge is 0.255 e. The van der Waals surface area contributed by atoms with Gasteiger partial charge in [0.2, 0.25) is 10.0 Å². The van der Waals surface area contributed by atoms with Gasteiger partial charge in [-0.1, -0.05) is 18.2 Å². The number of nitrogens with zero attached hydrogens (tertiary/aromatic N) is 2. The Morgan fingerprint density at radius 3 is 2.44 bits per heavy atom. The fourth-order valence-corrected chi connectivity index (χ4v) is 3.69. The van der Waals surface area contributed by atoms with Gasteiger partial charge in [-0.15, -0.1) is 0 Å². The summed E-state index contributed by atoms with van der Waals surface area (Å²) >= 11 is 0. The Morgan fingerprint density at radius 2 is 1.89 bits per heavy atom. The molecular formula is C20H21N3O3S. The number of nitriles is 1. The van der Waals surface area contributed by atoms with E-state index >= 15 is 0 Å². The molecule has 0 atom stereocenters. The number of carbonyl (C=O) groups excluding carboxylic acids is 1. The zero-order valence-corrected chi connectivity index (χ0v) is 16.1. The number of nitrogens with one attached hydrogen (secondary N) is 1. The number of benzene rings is 2. The molecule has 140 valence electrons. The van der Waals surface area contributed by atoms with Gasteiger partial charge in [0.05, 0.1) is 22.9 Å². The summed E-state index contributed by atoms with van der Waals surface area (Å²) in [7, 11) is -1.92. The minimum atomic E-state index is -3.39. The number of hydrogen-bond acceptors (Lipinski definition) is 4. The minimum Gasteiger partial charge on any atom is -0.322 e. The zero-order chi connectivity index (χ0) is 19.7. The van der Waals surface area contributed by atoms with E-state index in [1.54, 1.807) is 43.3 Å². The molecular weight excluding hydrogens is 362 g/mol. The van der Waals surface area contributed by atoms with Crippen LogP contribution in [0.5, 0.6) is 0 Å². The average molecular weight is 383 g/mol. The first-order valence-corrected chi connectivity index (χ1v) is 10.3. The Hall–Kier alpha value is -2.85. The second-order valence-corrected chi connectivity index (χ2v) is 8.93. The molecule has 0 bridgehead atoms. The highest BCUT2D eigenvalue weighted by Crippen LogP contribution is 2.47. The molecule has 0 aromatic heterocycles. The zero-order valence-electron chi connectivity index (χ0n) is 15.3. The van der Waals surface area contributed by atoms with Crippen LogP contribution in [0.1, 0.15) is 35.7 Å². The first-order valence-electron chi connectivity index (χ1n) is 8.71. The Bertz CT molecular complexity index is 1000. The lowest BCUT2D eigenvalue weighted by molar-refractivity contribution is 0.102. The summed E-state index contributed by atoms with van der Waals surface area (Å²) in [6.07, 6.45) is 1.74. The first-order chi connectivity index (χ1) is 12.8. The maximum Gasteiger partial charge on any atom is 0.255 e. The molecule has 1 amide bonds. The van der Waals surface area contributed by atoms with Crippen molar-refractivity contribution in [2.24, 2.45) is 0 Å². The quantitative estimate of drug-likeness (QED) is 0.829. The van der Waals surface area contributed by atoms with Gasteiger partial charge in [-0.2, -0.15) is 5.26 Å². The van der Waals surface area contributed by atoms with Gasteiger partial charge < -0.3 is 5.32 Å². The number of hydrogen-bond donors (Lipinski definition) is 1. The summed E-state index contributed by atoms with van der Waals surface area (Å²) in [6, 6.07) is 16.1. The van der Waals surface area contributed by atoms with Crippen molar-refractivity contribution in [2.75, 3.05) is 22.4 Å². The van der Waals surface area contributed by atoms with E-state index in [9.17, 15) is 18.5 Å². The van der Waals surface area contributed by atoms with Gasteiger partial charge >= 0.3 is 0 Å². The van der Waals surface area contributed by atoms with Crippen molar-refractivity contribution in [3.05, 3.63) is 59.7 Å². The molecule has 1 N–H and O–H groups in total. The monoisotopic (exact) mass is 383 g/mol. The van der Waals surface area contributed by atoms with E-state index in [0.717, 1.165) is 18.4 Å². The van der Waals surface area contributed by atoms with E-state index in [4.69, 9.17) is 0 Å². The van der Waals surface area contributed by atoms with Crippen LogP contribution in [-0.2, 0) is 15.4 Å². The maximum atomic E-state index is 12.5. The van der Waals surface area contributed by atoms with E-state index in [2.05, 4.69) is 11.4 Å². The maximum absolute atomic E-state index is 12.5. The molecule has 0 radical (unpaired) electrons. The Morgan fingerprint density at radius 1 is 1.22 bits per heavy atom. The topological polar surface area (TPSA) is 90.3 Å². The molecule has 3 rings (SSSR count). The van der Waals surface area contributed by atoms with Gasteiger partial charge in [0, 0.05) is 18.3 Å². The van der Waals surface area contributed by atoms with Crippen LogP contribution >= 0.6 is 0 Å². The van der Waals surface area contributed by atoms with Crippen molar-refractivity contribution >= 4 is 27.3 Å². The Balaban J connectivity index is 1.75. The summed E-state index contributed by atoms with van der Waals surface area (Å²) in [6.45, 7) is 1.57. The lowest BCUT2D eigenvalue weighted by Gasteiger charge is -2.19. The molecule has 1 aliphatic rings. The van der Waals surface area contributed by atoms with Crippen LogP contribution < -0.4 is 9.62 Å². The number of amides is 1. The van der Waals surface area contributed by atoms with Crippen molar-refractivity contribution < 1.29 is 13.2 Å². The standard InChI is InChI=1S/C20H21N3O3S/c1-3-27(25,26)23(2)18-6-4-5-15(13-18)19(24)22-17-9-7-16(8-10-17)20(14-21)11-12-20/h4-10,13H,3,11-12H2,1-2H3,(H,22,24). The van der Waals surface area contributed by atoms with Crippen LogP contribution in [0.15, 0.2) is 48.5 Å². The van der Waals surface area contributed by atoms with Crippen molar-refractivity contribution in [3.8, 4) is 6.07 Å². The Kier molecular flexibility index (Phi) is 4.94. The Labute approximate surface area is 159 Å². The summed E-state index contributed by atoms with van der Waals surface area (Å²) in [5.41, 5.74) is 2.04. The van der Waals surface area contributed by atoms with Crippen LogP contribution in [0, 0.1) is 11.3 Å². The van der Waals surface area contributed by atoms with E-state index < -0.39 is 10.0 Å². The second-order valence-electron chi connectivity index (χ2n) is 6.64. The molecule has 0 saturated heterocycles. The molecule has 6 nitrogen and oxygen atoms in total. The number of sulfonamides is 1. The van der Waals surface area contributed by atoms with Gasteiger partial charge in [0.1, 0.15) is 0 Å². The third-order valence-electron chi connectivity index (χ3n) is 4.91. The predicted molar refractivity (Wildman–Crippen MR) is 105 cm³/mol. The summed E-state index contributed by atoms with van der Waals surface area (Å²) in [4.78, 5) is 12.5. The fraction of sp³-hybridized carbons (Fsp3) is 0.300. The largest absolute Gasteiger partial charge is 0.322 e. The number of carbonyl (C=O) groups is 1. The van der Waals surface area contributed by atoms with Crippen LogP contribution in [-0.4, -0.2) is 27.1 Å². The van der Waals surface area contributed by atoms with E-state index in [1.165, 1.54) is 11.4 Å². The van der Waals surface area contributed by atoms with Crippen molar-refractivity contribution in [3.63, 3.8) is 0 Å². The molecule has 0 unspecified atom stereocenters. The third kappa shape index (κ3) is 3.81. The normalized spacial score (nSPS) is 14.9. The van der Waals surface area contributed by atoms with Crippen molar-refractivity contribution in [2.45, 2.75) is 25.2 Å². The van der Waals surface area contributed by atoms with Crippen LogP contribution in [0.3, 0.4) is 0 Å². The number of rotatable bonds is 6. The molecule has 0 aliphatic heterocycles. The summed E-state index contributed by atoms with van der Waals surface area (Å²) in [5, 5.41) is 12.1. The first kappa shape index (κ1) is 18.9. The highest BCUT2D eigenvalue weighted by Gasteiger charge is 2.44. The molecule has 2 aromatic rings. The van der Waals surface area contributed by atoms with E-state index in [0.29, 0.717) is 16.9 Å². The van der Waals surface area contributed by atoms with Crippen LogP contribution in [0.25, 0.3) is 0 Å². The second kappa shape index (κ2) is 7.05. The fourth-order valence-electron chi connectivity index (χ4n) is 2.86. The third-order valence-corrected chi connectivity index (χ3v) is 6.69. The highest BCUT2D eigenvalue weighted by atomic mass is 32.2. The van der Waals surface area contributed by atoms with Gasteiger partial charge in [-0.05, 0) is 55.7 Å². The van der Waals surface area contributed by atoms with Crippen molar-refractivity contribution in [1.82, 2.24) is 0 Å². The highest BCUT2D eigenvalue weighted by molar-refractivity contribution is 7.92. The predicted octanol–water partition coefficient (Wildman–Crippen LogP) is 3.28. The molecule has 7 heteroatoms.